The molecular formula is C13H27IN4S. The summed E-state index contributed by atoms with van der Waals surface area (Å²) in [5, 5.41) is 7.68. The number of hydrogen-bond donors (Lipinski definition) is 2. The van der Waals surface area contributed by atoms with Gasteiger partial charge in [0, 0.05) is 31.4 Å². The zero-order chi connectivity index (χ0) is 12.8. The minimum atomic E-state index is 0. The van der Waals surface area contributed by atoms with Gasteiger partial charge in [-0.3, -0.25) is 4.99 Å². The smallest absolute Gasteiger partial charge is 0.191 e. The summed E-state index contributed by atoms with van der Waals surface area (Å²) >= 11 is 2.09. The zero-order valence-corrected chi connectivity index (χ0v) is 15.2. The van der Waals surface area contributed by atoms with E-state index >= 15 is 0 Å². The number of likely N-dealkylation sites (tertiary alicyclic amines) is 1. The summed E-state index contributed by atoms with van der Waals surface area (Å²) in [6.45, 7) is 3.29. The van der Waals surface area contributed by atoms with Gasteiger partial charge in [-0.25, -0.2) is 0 Å². The first-order valence-electron chi connectivity index (χ1n) is 7.06. The lowest BCUT2D eigenvalue weighted by atomic mass is 10.2. The summed E-state index contributed by atoms with van der Waals surface area (Å²) < 4.78 is 0. The molecule has 0 aromatic heterocycles. The summed E-state index contributed by atoms with van der Waals surface area (Å²) in [5.74, 6) is 2.29. The molecule has 2 aliphatic rings. The van der Waals surface area contributed by atoms with Gasteiger partial charge in [-0.1, -0.05) is 0 Å². The predicted octanol–water partition coefficient (Wildman–Crippen LogP) is 1.76. The van der Waals surface area contributed by atoms with Crippen LogP contribution in [-0.2, 0) is 0 Å². The fourth-order valence-electron chi connectivity index (χ4n) is 2.69. The number of aliphatic imine (C=N–C) groups is 1. The van der Waals surface area contributed by atoms with Gasteiger partial charge in [0.2, 0.25) is 0 Å². The molecule has 2 rings (SSSR count). The van der Waals surface area contributed by atoms with Crippen molar-refractivity contribution in [3.8, 4) is 0 Å². The molecular weight excluding hydrogens is 371 g/mol. The van der Waals surface area contributed by atoms with E-state index in [-0.39, 0.29) is 24.0 Å². The number of nitrogens with zero attached hydrogens (tertiary/aromatic N) is 2. The Hall–Kier alpha value is 0.310. The van der Waals surface area contributed by atoms with E-state index in [0.29, 0.717) is 6.04 Å². The highest BCUT2D eigenvalue weighted by Gasteiger charge is 2.21. The van der Waals surface area contributed by atoms with Crippen LogP contribution in [0.3, 0.4) is 0 Å². The third kappa shape index (κ3) is 5.67. The van der Waals surface area contributed by atoms with Crippen LogP contribution in [-0.4, -0.2) is 61.6 Å². The van der Waals surface area contributed by atoms with Crippen molar-refractivity contribution in [3.05, 3.63) is 0 Å². The predicted molar refractivity (Wildman–Crippen MR) is 95.9 cm³/mol. The van der Waals surface area contributed by atoms with Crippen LogP contribution < -0.4 is 10.6 Å². The summed E-state index contributed by atoms with van der Waals surface area (Å²) in [6, 6.07) is 0.671. The van der Waals surface area contributed by atoms with Crippen molar-refractivity contribution in [2.75, 3.05) is 39.5 Å². The normalized spacial score (nSPS) is 28.2. The lowest BCUT2D eigenvalue weighted by Crippen LogP contribution is -2.45. The molecule has 19 heavy (non-hydrogen) atoms. The Morgan fingerprint density at radius 3 is 2.63 bits per heavy atom. The molecule has 2 unspecified atom stereocenters. The third-order valence-electron chi connectivity index (χ3n) is 3.92. The molecule has 2 atom stereocenters. The molecule has 6 heteroatoms. The number of nitrogens with one attached hydrogen (secondary N) is 2. The van der Waals surface area contributed by atoms with E-state index in [2.05, 4.69) is 39.3 Å². The fourth-order valence-corrected chi connectivity index (χ4v) is 3.89. The van der Waals surface area contributed by atoms with Gasteiger partial charge >= 0.3 is 0 Å². The Morgan fingerprint density at radius 1 is 1.26 bits per heavy atom. The maximum atomic E-state index is 4.30. The lowest BCUT2D eigenvalue weighted by Gasteiger charge is -2.21. The number of thioether (sulfide) groups is 1. The third-order valence-corrected chi connectivity index (χ3v) is 5.32. The largest absolute Gasteiger partial charge is 0.355 e. The summed E-state index contributed by atoms with van der Waals surface area (Å²) in [4.78, 5) is 6.74. The molecule has 2 N–H and O–H groups in total. The quantitative estimate of drug-likeness (QED) is 0.430. The molecule has 2 heterocycles. The van der Waals surface area contributed by atoms with Crippen molar-refractivity contribution in [1.82, 2.24) is 15.5 Å². The average molecular weight is 398 g/mol. The first-order valence-corrected chi connectivity index (χ1v) is 8.11. The van der Waals surface area contributed by atoms with Crippen LogP contribution in [0.1, 0.15) is 25.7 Å². The molecule has 0 bridgehead atoms. The van der Waals surface area contributed by atoms with Gasteiger partial charge in [0.25, 0.3) is 0 Å². The summed E-state index contributed by atoms with van der Waals surface area (Å²) in [6.07, 6.45) is 5.35. The van der Waals surface area contributed by atoms with Crippen LogP contribution in [0, 0.1) is 0 Å². The number of halogens is 1. The van der Waals surface area contributed by atoms with E-state index in [1.807, 2.05) is 7.05 Å². The number of hydrogen-bond acceptors (Lipinski definition) is 3. The SMILES string of the molecule is CN=C(NCC1CCCS1)NCC1CCCN1C.I. The van der Waals surface area contributed by atoms with Crippen LogP contribution >= 0.6 is 35.7 Å². The van der Waals surface area contributed by atoms with Crippen molar-refractivity contribution in [3.63, 3.8) is 0 Å². The van der Waals surface area contributed by atoms with Gasteiger partial charge in [0.1, 0.15) is 0 Å². The highest BCUT2D eigenvalue weighted by atomic mass is 127. The van der Waals surface area contributed by atoms with E-state index in [1.165, 1.54) is 38.0 Å². The van der Waals surface area contributed by atoms with Crippen molar-refractivity contribution in [2.45, 2.75) is 37.0 Å². The van der Waals surface area contributed by atoms with Crippen molar-refractivity contribution < 1.29 is 0 Å². The van der Waals surface area contributed by atoms with Gasteiger partial charge in [-0.05, 0) is 45.0 Å². The molecule has 0 aromatic rings. The van der Waals surface area contributed by atoms with Gasteiger partial charge in [0.15, 0.2) is 5.96 Å². The number of likely N-dealkylation sites (N-methyl/N-ethyl adjacent to an activating group) is 1. The Bertz CT molecular complexity index is 282. The van der Waals surface area contributed by atoms with Crippen LogP contribution in [0.25, 0.3) is 0 Å². The van der Waals surface area contributed by atoms with Gasteiger partial charge < -0.3 is 15.5 Å². The van der Waals surface area contributed by atoms with Crippen molar-refractivity contribution in [2.24, 2.45) is 4.99 Å². The molecule has 0 saturated carbocycles. The molecule has 112 valence electrons. The molecule has 2 aliphatic heterocycles. The van der Waals surface area contributed by atoms with Crippen LogP contribution in [0.5, 0.6) is 0 Å². The topological polar surface area (TPSA) is 39.7 Å². The van der Waals surface area contributed by atoms with Gasteiger partial charge in [0.05, 0.1) is 0 Å². The number of rotatable bonds is 4. The van der Waals surface area contributed by atoms with Gasteiger partial charge in [-0.2, -0.15) is 11.8 Å². The Balaban J connectivity index is 0.00000180. The Labute approximate surface area is 138 Å². The minimum absolute atomic E-state index is 0. The second-order valence-corrected chi connectivity index (χ2v) is 6.65. The van der Waals surface area contributed by atoms with E-state index in [9.17, 15) is 0 Å². The monoisotopic (exact) mass is 398 g/mol. The van der Waals surface area contributed by atoms with Crippen LogP contribution in [0.4, 0.5) is 0 Å². The Morgan fingerprint density at radius 2 is 2.05 bits per heavy atom. The molecule has 0 aromatic carbocycles. The maximum absolute atomic E-state index is 4.30. The second-order valence-electron chi connectivity index (χ2n) is 5.25. The molecule has 0 spiro atoms. The second kappa shape index (κ2) is 9.28. The van der Waals surface area contributed by atoms with Crippen LogP contribution in [0.2, 0.25) is 0 Å². The lowest BCUT2D eigenvalue weighted by molar-refractivity contribution is 0.309. The number of guanidine groups is 1. The molecule has 0 amide bonds. The summed E-state index contributed by atoms with van der Waals surface area (Å²) in [7, 11) is 4.07. The van der Waals surface area contributed by atoms with E-state index in [0.717, 1.165) is 24.3 Å². The van der Waals surface area contributed by atoms with Crippen molar-refractivity contribution in [1.29, 1.82) is 0 Å². The standard InChI is InChI=1S/C13H26N4S.HI/c1-14-13(16-10-12-6-4-8-18-12)15-9-11-5-3-7-17(11)2;/h11-12H,3-10H2,1-2H3,(H2,14,15,16);1H. The molecule has 2 fully saturated rings. The fraction of sp³-hybridized carbons (Fsp3) is 0.923. The Kier molecular flexibility index (Phi) is 8.48. The highest BCUT2D eigenvalue weighted by molar-refractivity contribution is 14.0. The first kappa shape index (κ1) is 17.4. The van der Waals surface area contributed by atoms with Gasteiger partial charge in [-0.15, -0.1) is 24.0 Å². The van der Waals surface area contributed by atoms with Crippen molar-refractivity contribution >= 4 is 41.7 Å². The molecule has 0 radical (unpaired) electrons. The average Bonchev–Trinajstić information content (AvgIpc) is 3.01. The van der Waals surface area contributed by atoms with E-state index in [1.54, 1.807) is 0 Å². The molecule has 2 saturated heterocycles. The minimum Gasteiger partial charge on any atom is -0.355 e. The van der Waals surface area contributed by atoms with E-state index < -0.39 is 0 Å². The van der Waals surface area contributed by atoms with Crippen LogP contribution in [0.15, 0.2) is 4.99 Å². The molecule has 0 aliphatic carbocycles. The zero-order valence-electron chi connectivity index (χ0n) is 12.0. The maximum Gasteiger partial charge on any atom is 0.191 e. The highest BCUT2D eigenvalue weighted by Crippen LogP contribution is 2.25. The first-order chi connectivity index (χ1) is 8.79. The summed E-state index contributed by atoms with van der Waals surface area (Å²) in [5.41, 5.74) is 0. The van der Waals surface area contributed by atoms with E-state index in [4.69, 9.17) is 0 Å². The molecule has 4 nitrogen and oxygen atoms in total.